The molecule has 0 atom stereocenters. The first-order chi connectivity index (χ1) is 8.10. The third-order valence-electron chi connectivity index (χ3n) is 2.32. The Morgan fingerprint density at radius 1 is 1.24 bits per heavy atom. The zero-order valence-corrected chi connectivity index (χ0v) is 10.2. The minimum Gasteiger partial charge on any atom is -0.497 e. The Kier molecular flexibility index (Phi) is 4.52. The van der Waals surface area contributed by atoms with Crippen LogP contribution in [0.2, 0.25) is 0 Å². The Morgan fingerprint density at radius 2 is 1.82 bits per heavy atom. The molecule has 0 amide bonds. The molecule has 90 valence electrons. The molecular weight excluding hydrogens is 216 g/mol. The van der Waals surface area contributed by atoms with Gasteiger partial charge in [0.25, 0.3) is 0 Å². The largest absolute Gasteiger partial charge is 0.497 e. The number of hydrogen-bond acceptors (Lipinski definition) is 3. The first kappa shape index (κ1) is 13.0. The third kappa shape index (κ3) is 3.21. The maximum Gasteiger partial charge on any atom is 0.338 e. The molecule has 0 N–H and O–H groups in total. The number of carbonyl (C=O) groups excluding carboxylic acids is 1. The number of esters is 1. The molecule has 0 spiro atoms. The summed E-state index contributed by atoms with van der Waals surface area (Å²) in [5.41, 5.74) is 1.66. The average molecular weight is 232 g/mol. The van der Waals surface area contributed by atoms with Crippen LogP contribution >= 0.6 is 0 Å². The van der Waals surface area contributed by atoms with Crippen molar-refractivity contribution >= 4 is 11.5 Å². The van der Waals surface area contributed by atoms with Gasteiger partial charge in [-0.05, 0) is 30.2 Å². The molecule has 0 aliphatic heterocycles. The minimum atomic E-state index is -0.437. The highest BCUT2D eigenvalue weighted by atomic mass is 16.5. The van der Waals surface area contributed by atoms with Gasteiger partial charge in [-0.3, -0.25) is 0 Å². The molecule has 0 saturated heterocycles. The van der Waals surface area contributed by atoms with Crippen LogP contribution in [0.15, 0.2) is 43.0 Å². The van der Waals surface area contributed by atoms with Crippen LogP contribution in [0.5, 0.6) is 5.75 Å². The molecular formula is C14H16O3. The van der Waals surface area contributed by atoms with Gasteiger partial charge < -0.3 is 9.47 Å². The lowest BCUT2D eigenvalue weighted by atomic mass is 10.0. The summed E-state index contributed by atoms with van der Waals surface area (Å²) < 4.78 is 9.92. The zero-order valence-electron chi connectivity index (χ0n) is 10.2. The Hall–Kier alpha value is -2.03. The fraction of sp³-hybridized carbons (Fsp3) is 0.214. The quantitative estimate of drug-likeness (QED) is 0.445. The van der Waals surface area contributed by atoms with Crippen LogP contribution < -0.4 is 4.74 Å². The van der Waals surface area contributed by atoms with E-state index < -0.39 is 5.97 Å². The third-order valence-corrected chi connectivity index (χ3v) is 2.32. The molecule has 0 radical (unpaired) electrons. The van der Waals surface area contributed by atoms with Crippen molar-refractivity contribution in [1.29, 1.82) is 0 Å². The van der Waals surface area contributed by atoms with Crippen LogP contribution in [0, 0.1) is 0 Å². The van der Waals surface area contributed by atoms with Crippen LogP contribution in [0.1, 0.15) is 12.5 Å². The lowest BCUT2D eigenvalue weighted by Gasteiger charge is -2.09. The van der Waals surface area contributed by atoms with Crippen LogP contribution in [-0.4, -0.2) is 19.7 Å². The van der Waals surface area contributed by atoms with Crippen molar-refractivity contribution in [3.05, 3.63) is 48.6 Å². The van der Waals surface area contributed by atoms with Gasteiger partial charge in [0.1, 0.15) is 5.75 Å². The molecule has 1 aromatic carbocycles. The van der Waals surface area contributed by atoms with E-state index in [2.05, 4.69) is 13.2 Å². The number of benzene rings is 1. The van der Waals surface area contributed by atoms with E-state index >= 15 is 0 Å². The van der Waals surface area contributed by atoms with Gasteiger partial charge in [-0.2, -0.15) is 0 Å². The lowest BCUT2D eigenvalue weighted by molar-refractivity contribution is -0.137. The first-order valence-electron chi connectivity index (χ1n) is 5.29. The summed E-state index contributed by atoms with van der Waals surface area (Å²) in [6.07, 6.45) is 0. The van der Waals surface area contributed by atoms with Gasteiger partial charge in [0.15, 0.2) is 0 Å². The minimum absolute atomic E-state index is 0.275. The molecule has 3 heteroatoms. The van der Waals surface area contributed by atoms with E-state index in [0.717, 1.165) is 11.3 Å². The van der Waals surface area contributed by atoms with Crippen molar-refractivity contribution < 1.29 is 14.3 Å². The van der Waals surface area contributed by atoms with Gasteiger partial charge >= 0.3 is 5.97 Å². The van der Waals surface area contributed by atoms with Gasteiger partial charge in [-0.1, -0.05) is 25.3 Å². The Labute approximate surface area is 101 Å². The van der Waals surface area contributed by atoms with Crippen LogP contribution in [0.25, 0.3) is 5.57 Å². The van der Waals surface area contributed by atoms with Gasteiger partial charge in [0.05, 0.1) is 19.3 Å². The van der Waals surface area contributed by atoms with Gasteiger partial charge in [-0.15, -0.1) is 0 Å². The monoisotopic (exact) mass is 232 g/mol. The van der Waals surface area contributed by atoms with Crippen molar-refractivity contribution in [1.82, 2.24) is 0 Å². The summed E-state index contributed by atoms with van der Waals surface area (Å²) in [6.45, 7) is 9.61. The maximum absolute atomic E-state index is 11.5. The smallest absolute Gasteiger partial charge is 0.338 e. The summed E-state index contributed by atoms with van der Waals surface area (Å²) in [7, 11) is 1.60. The second-order valence-corrected chi connectivity index (χ2v) is 3.41. The van der Waals surface area contributed by atoms with E-state index in [4.69, 9.17) is 9.47 Å². The molecule has 0 fully saturated rings. The van der Waals surface area contributed by atoms with Gasteiger partial charge in [0, 0.05) is 0 Å². The predicted octanol–water partition coefficient (Wildman–Crippen LogP) is 2.83. The average Bonchev–Trinajstić information content (AvgIpc) is 2.37. The van der Waals surface area contributed by atoms with E-state index in [0.29, 0.717) is 12.2 Å². The van der Waals surface area contributed by atoms with Crippen molar-refractivity contribution in [2.45, 2.75) is 6.92 Å². The number of rotatable bonds is 5. The van der Waals surface area contributed by atoms with E-state index in [1.165, 1.54) is 0 Å². The summed E-state index contributed by atoms with van der Waals surface area (Å²) in [4.78, 5) is 11.5. The molecule has 0 aromatic heterocycles. The SMILES string of the molecule is C=C(C(=C)c1ccc(OC)cc1)C(=O)OCC. The molecule has 0 unspecified atom stereocenters. The predicted molar refractivity (Wildman–Crippen MR) is 67.8 cm³/mol. The fourth-order valence-corrected chi connectivity index (χ4v) is 1.31. The van der Waals surface area contributed by atoms with Crippen molar-refractivity contribution in [2.24, 2.45) is 0 Å². The standard InChI is InChI=1S/C14H16O3/c1-5-17-14(15)11(3)10(2)12-6-8-13(16-4)9-7-12/h6-9H,2-3,5H2,1,4H3. The van der Waals surface area contributed by atoms with E-state index in [1.807, 2.05) is 12.1 Å². The molecule has 0 aliphatic carbocycles. The molecule has 1 rings (SSSR count). The summed E-state index contributed by atoms with van der Waals surface area (Å²) in [5.74, 6) is 0.316. The second kappa shape index (κ2) is 5.89. The molecule has 0 heterocycles. The second-order valence-electron chi connectivity index (χ2n) is 3.41. The maximum atomic E-state index is 11.5. The van der Waals surface area contributed by atoms with Crippen LogP contribution in [0.3, 0.4) is 0 Å². The van der Waals surface area contributed by atoms with E-state index in [-0.39, 0.29) is 5.57 Å². The fourth-order valence-electron chi connectivity index (χ4n) is 1.31. The first-order valence-corrected chi connectivity index (χ1v) is 5.29. The highest BCUT2D eigenvalue weighted by molar-refractivity contribution is 6.05. The highest BCUT2D eigenvalue weighted by Crippen LogP contribution is 2.23. The van der Waals surface area contributed by atoms with Crippen LogP contribution in [-0.2, 0) is 9.53 Å². The van der Waals surface area contributed by atoms with Gasteiger partial charge in [-0.25, -0.2) is 4.79 Å². The molecule has 1 aromatic rings. The van der Waals surface area contributed by atoms with Gasteiger partial charge in [0.2, 0.25) is 0 Å². The Bertz CT molecular complexity index is 429. The van der Waals surface area contributed by atoms with E-state index in [1.54, 1.807) is 26.2 Å². The van der Waals surface area contributed by atoms with Crippen molar-refractivity contribution in [3.63, 3.8) is 0 Å². The summed E-state index contributed by atoms with van der Waals surface area (Å²) >= 11 is 0. The molecule has 17 heavy (non-hydrogen) atoms. The van der Waals surface area contributed by atoms with Crippen molar-refractivity contribution in [3.8, 4) is 5.75 Å². The zero-order chi connectivity index (χ0) is 12.8. The molecule has 3 nitrogen and oxygen atoms in total. The van der Waals surface area contributed by atoms with Crippen molar-refractivity contribution in [2.75, 3.05) is 13.7 Å². The summed E-state index contributed by atoms with van der Waals surface area (Å²) in [6, 6.07) is 7.26. The number of ether oxygens (including phenoxy) is 2. The Morgan fingerprint density at radius 3 is 2.29 bits per heavy atom. The highest BCUT2D eigenvalue weighted by Gasteiger charge is 2.12. The molecule has 0 bridgehead atoms. The molecule has 0 aliphatic rings. The summed E-state index contributed by atoms with van der Waals surface area (Å²) in [5, 5.41) is 0. The van der Waals surface area contributed by atoms with E-state index in [9.17, 15) is 4.79 Å². The lowest BCUT2D eigenvalue weighted by Crippen LogP contribution is -2.07. The normalized spacial score (nSPS) is 9.53. The number of hydrogen-bond donors (Lipinski definition) is 0. The Balaban J connectivity index is 2.81. The topological polar surface area (TPSA) is 35.5 Å². The number of carbonyl (C=O) groups is 1. The van der Waals surface area contributed by atoms with Crippen LogP contribution in [0.4, 0.5) is 0 Å². The number of methoxy groups -OCH3 is 1. The molecule has 0 saturated carbocycles.